The largest absolute Gasteiger partial charge is 0.497 e. The van der Waals surface area contributed by atoms with Crippen LogP contribution in [0.1, 0.15) is 31.2 Å². The number of piperidine rings is 1. The van der Waals surface area contributed by atoms with Crippen molar-refractivity contribution in [2.75, 3.05) is 25.5 Å². The van der Waals surface area contributed by atoms with Gasteiger partial charge in [-0.25, -0.2) is 8.42 Å². The standard InChI is InChI=1S/C20H26N2O4S2/c1-15-12-17(26-2)6-7-19(15)21-20(23)8-5-16-4-3-10-22(13-16)28(24,25)18-9-11-27-14-18/h6-7,9,11-12,14,16H,3-5,8,10,13H2,1-2H3,(H,21,23)/t16-/m0/s1. The molecule has 1 amide bonds. The number of thiophene rings is 1. The normalized spacial score (nSPS) is 18.0. The second-order valence-corrected chi connectivity index (χ2v) is 9.82. The molecule has 8 heteroatoms. The van der Waals surface area contributed by atoms with Gasteiger partial charge in [0.25, 0.3) is 0 Å². The molecular weight excluding hydrogens is 396 g/mol. The molecule has 152 valence electrons. The van der Waals surface area contributed by atoms with E-state index in [-0.39, 0.29) is 11.8 Å². The molecule has 0 spiro atoms. The fraction of sp³-hybridized carbons (Fsp3) is 0.450. The molecule has 1 saturated heterocycles. The Bertz CT molecular complexity index is 910. The maximum atomic E-state index is 12.7. The first-order chi connectivity index (χ1) is 13.4. The fourth-order valence-electron chi connectivity index (χ4n) is 3.48. The Morgan fingerprint density at radius 1 is 1.36 bits per heavy atom. The Kier molecular flexibility index (Phi) is 6.74. The highest BCUT2D eigenvalue weighted by molar-refractivity contribution is 7.89. The van der Waals surface area contributed by atoms with Crippen LogP contribution < -0.4 is 10.1 Å². The zero-order chi connectivity index (χ0) is 20.1. The highest BCUT2D eigenvalue weighted by atomic mass is 32.2. The van der Waals surface area contributed by atoms with E-state index in [1.807, 2.05) is 25.1 Å². The van der Waals surface area contributed by atoms with Crippen LogP contribution in [0.15, 0.2) is 39.9 Å². The number of aryl methyl sites for hydroxylation is 1. The van der Waals surface area contributed by atoms with E-state index in [4.69, 9.17) is 4.74 Å². The van der Waals surface area contributed by atoms with Gasteiger partial charge in [-0.15, -0.1) is 0 Å². The lowest BCUT2D eigenvalue weighted by Crippen LogP contribution is -2.39. The predicted molar refractivity (Wildman–Crippen MR) is 111 cm³/mol. The second kappa shape index (κ2) is 9.07. The molecule has 0 saturated carbocycles. The van der Waals surface area contributed by atoms with Crippen molar-refractivity contribution < 1.29 is 17.9 Å². The molecule has 0 bridgehead atoms. The SMILES string of the molecule is COc1ccc(NC(=O)CC[C@@H]2CCCN(S(=O)(=O)c3ccsc3)C2)c(C)c1. The molecule has 1 fully saturated rings. The summed E-state index contributed by atoms with van der Waals surface area (Å²) in [7, 11) is -1.81. The molecule has 1 aromatic heterocycles. The van der Waals surface area contributed by atoms with E-state index in [0.29, 0.717) is 30.8 Å². The van der Waals surface area contributed by atoms with Crippen molar-refractivity contribution in [2.45, 2.75) is 37.5 Å². The Balaban J connectivity index is 1.54. The lowest BCUT2D eigenvalue weighted by Gasteiger charge is -2.31. The summed E-state index contributed by atoms with van der Waals surface area (Å²) in [5, 5.41) is 6.39. The van der Waals surface area contributed by atoms with Crippen molar-refractivity contribution in [3.8, 4) is 5.75 Å². The summed E-state index contributed by atoms with van der Waals surface area (Å²) in [6, 6.07) is 7.18. The monoisotopic (exact) mass is 422 g/mol. The summed E-state index contributed by atoms with van der Waals surface area (Å²) < 4.78 is 32.2. The third-order valence-corrected chi connectivity index (χ3v) is 7.80. The van der Waals surface area contributed by atoms with E-state index < -0.39 is 10.0 Å². The van der Waals surface area contributed by atoms with Crippen LogP contribution in [0.4, 0.5) is 5.69 Å². The number of benzene rings is 1. The Morgan fingerprint density at radius 3 is 2.86 bits per heavy atom. The van der Waals surface area contributed by atoms with Crippen LogP contribution in [0, 0.1) is 12.8 Å². The van der Waals surface area contributed by atoms with Crippen LogP contribution in [0.5, 0.6) is 5.75 Å². The van der Waals surface area contributed by atoms with Crippen LogP contribution >= 0.6 is 11.3 Å². The molecular formula is C20H26N2O4S2. The molecule has 0 radical (unpaired) electrons. The van der Waals surface area contributed by atoms with Crippen molar-refractivity contribution in [2.24, 2.45) is 5.92 Å². The number of nitrogens with zero attached hydrogens (tertiary/aromatic N) is 1. The third-order valence-electron chi connectivity index (χ3n) is 5.10. The number of hydrogen-bond donors (Lipinski definition) is 1. The summed E-state index contributed by atoms with van der Waals surface area (Å²) >= 11 is 1.38. The molecule has 6 nitrogen and oxygen atoms in total. The van der Waals surface area contributed by atoms with Gasteiger partial charge in [-0.2, -0.15) is 15.6 Å². The van der Waals surface area contributed by atoms with Gasteiger partial charge in [0.15, 0.2) is 0 Å². The van der Waals surface area contributed by atoms with Gasteiger partial charge in [0.2, 0.25) is 15.9 Å². The van der Waals surface area contributed by atoms with Crippen LogP contribution in [-0.4, -0.2) is 38.8 Å². The molecule has 1 aliphatic rings. The number of carbonyl (C=O) groups is 1. The Hall–Kier alpha value is -1.90. The van der Waals surface area contributed by atoms with E-state index in [1.165, 1.54) is 11.3 Å². The zero-order valence-electron chi connectivity index (χ0n) is 16.2. The van der Waals surface area contributed by atoms with Crippen LogP contribution in [0.25, 0.3) is 0 Å². The van der Waals surface area contributed by atoms with Gasteiger partial charge in [-0.3, -0.25) is 4.79 Å². The van der Waals surface area contributed by atoms with E-state index in [9.17, 15) is 13.2 Å². The van der Waals surface area contributed by atoms with Gasteiger partial charge in [0, 0.05) is 30.6 Å². The van der Waals surface area contributed by atoms with Crippen LogP contribution in [0.2, 0.25) is 0 Å². The average molecular weight is 423 g/mol. The van der Waals surface area contributed by atoms with Crippen molar-refractivity contribution in [1.29, 1.82) is 0 Å². The van der Waals surface area contributed by atoms with Crippen molar-refractivity contribution in [3.63, 3.8) is 0 Å². The number of hydrogen-bond acceptors (Lipinski definition) is 5. The predicted octanol–water partition coefficient (Wildman–Crippen LogP) is 3.88. The minimum absolute atomic E-state index is 0.0499. The van der Waals surface area contributed by atoms with Crippen molar-refractivity contribution >= 4 is 33.0 Å². The van der Waals surface area contributed by atoms with Crippen molar-refractivity contribution in [3.05, 3.63) is 40.6 Å². The smallest absolute Gasteiger partial charge is 0.243 e. The molecule has 0 aliphatic carbocycles. The molecule has 28 heavy (non-hydrogen) atoms. The number of methoxy groups -OCH3 is 1. The van der Waals surface area contributed by atoms with Gasteiger partial charge in [0.1, 0.15) is 5.75 Å². The number of amides is 1. The Labute approximate surface area is 170 Å². The van der Waals surface area contributed by atoms with E-state index in [0.717, 1.165) is 29.8 Å². The van der Waals surface area contributed by atoms with Gasteiger partial charge in [-0.05, 0) is 67.3 Å². The number of rotatable bonds is 7. The van der Waals surface area contributed by atoms with Crippen molar-refractivity contribution in [1.82, 2.24) is 4.31 Å². The number of anilines is 1. The lowest BCUT2D eigenvalue weighted by atomic mass is 9.94. The zero-order valence-corrected chi connectivity index (χ0v) is 17.8. The molecule has 1 atom stereocenters. The number of ether oxygens (including phenoxy) is 1. The van der Waals surface area contributed by atoms with E-state index in [1.54, 1.807) is 28.2 Å². The first-order valence-corrected chi connectivity index (χ1v) is 11.8. The molecule has 1 N–H and O–H groups in total. The highest BCUT2D eigenvalue weighted by Crippen LogP contribution is 2.27. The molecule has 1 aliphatic heterocycles. The number of nitrogens with one attached hydrogen (secondary N) is 1. The van der Waals surface area contributed by atoms with Crippen LogP contribution in [0.3, 0.4) is 0 Å². The summed E-state index contributed by atoms with van der Waals surface area (Å²) in [5.41, 5.74) is 1.72. The summed E-state index contributed by atoms with van der Waals surface area (Å²) in [6.07, 6.45) is 2.83. The number of carbonyl (C=O) groups excluding carboxylic acids is 1. The molecule has 2 aromatic rings. The minimum atomic E-state index is -3.42. The Morgan fingerprint density at radius 2 is 2.18 bits per heavy atom. The summed E-state index contributed by atoms with van der Waals surface area (Å²) in [5.74, 6) is 0.903. The summed E-state index contributed by atoms with van der Waals surface area (Å²) in [4.78, 5) is 12.7. The van der Waals surface area contributed by atoms with Gasteiger partial charge in [0.05, 0.1) is 12.0 Å². The van der Waals surface area contributed by atoms with E-state index in [2.05, 4.69) is 5.32 Å². The maximum Gasteiger partial charge on any atom is 0.243 e. The number of sulfonamides is 1. The molecule has 3 rings (SSSR count). The van der Waals surface area contributed by atoms with E-state index >= 15 is 0 Å². The maximum absolute atomic E-state index is 12.7. The second-order valence-electron chi connectivity index (χ2n) is 7.10. The average Bonchev–Trinajstić information content (AvgIpc) is 3.24. The topological polar surface area (TPSA) is 75.7 Å². The fourth-order valence-corrected chi connectivity index (χ4v) is 6.05. The molecule has 2 heterocycles. The van der Waals surface area contributed by atoms with Gasteiger partial charge >= 0.3 is 0 Å². The minimum Gasteiger partial charge on any atom is -0.497 e. The molecule has 0 unspecified atom stereocenters. The molecule has 1 aromatic carbocycles. The van der Waals surface area contributed by atoms with Crippen LogP contribution in [-0.2, 0) is 14.8 Å². The highest BCUT2D eigenvalue weighted by Gasteiger charge is 2.30. The van der Waals surface area contributed by atoms with Gasteiger partial charge < -0.3 is 10.1 Å². The lowest BCUT2D eigenvalue weighted by molar-refractivity contribution is -0.116. The first kappa shape index (κ1) is 20.8. The third kappa shape index (κ3) is 4.92. The quantitative estimate of drug-likeness (QED) is 0.735. The van der Waals surface area contributed by atoms with Gasteiger partial charge in [-0.1, -0.05) is 0 Å². The summed E-state index contributed by atoms with van der Waals surface area (Å²) in [6.45, 7) is 2.95. The first-order valence-electron chi connectivity index (χ1n) is 9.37.